The number of rotatable bonds is 5. The minimum atomic E-state index is 0.0539. The van der Waals surface area contributed by atoms with Gasteiger partial charge in [-0.3, -0.25) is 4.90 Å². The van der Waals surface area contributed by atoms with Crippen LogP contribution in [0, 0.1) is 0 Å². The molecule has 1 aromatic rings. The zero-order valence-electron chi connectivity index (χ0n) is 14.7. The summed E-state index contributed by atoms with van der Waals surface area (Å²) in [4.78, 5) is 16.9. The maximum atomic E-state index is 12.4. The second kappa shape index (κ2) is 8.49. The van der Waals surface area contributed by atoms with Crippen molar-refractivity contribution >= 4 is 6.03 Å². The van der Waals surface area contributed by atoms with Crippen LogP contribution in [0.15, 0.2) is 24.3 Å². The van der Waals surface area contributed by atoms with Crippen LogP contribution in [0.25, 0.3) is 0 Å². The maximum absolute atomic E-state index is 12.4. The van der Waals surface area contributed by atoms with Gasteiger partial charge in [-0.15, -0.1) is 0 Å². The van der Waals surface area contributed by atoms with Gasteiger partial charge in [0.2, 0.25) is 0 Å². The standard InChI is InChI=1S/C19H29N3O2/c1-24-15-17-6-4-5-16(13-17)14-20-19(23)22-11-9-21(10-12-22)18-7-2-3-8-18/h4-6,13,18H,2-3,7-12,14-15H2,1H3,(H,20,23). The van der Waals surface area contributed by atoms with Crippen LogP contribution in [0.1, 0.15) is 36.8 Å². The van der Waals surface area contributed by atoms with Gasteiger partial charge in [0.05, 0.1) is 6.61 Å². The highest BCUT2D eigenvalue weighted by Crippen LogP contribution is 2.24. The van der Waals surface area contributed by atoms with Gasteiger partial charge < -0.3 is 15.0 Å². The quantitative estimate of drug-likeness (QED) is 0.902. The Morgan fingerprint density at radius 3 is 2.58 bits per heavy atom. The van der Waals surface area contributed by atoms with Gasteiger partial charge >= 0.3 is 6.03 Å². The van der Waals surface area contributed by atoms with Gasteiger partial charge in [0.1, 0.15) is 0 Å². The van der Waals surface area contributed by atoms with Crippen LogP contribution in [0.2, 0.25) is 0 Å². The fourth-order valence-electron chi connectivity index (χ4n) is 3.85. The minimum absolute atomic E-state index is 0.0539. The Morgan fingerprint density at radius 1 is 1.17 bits per heavy atom. The highest BCUT2D eigenvalue weighted by molar-refractivity contribution is 5.74. The van der Waals surface area contributed by atoms with Crippen LogP contribution in [0.4, 0.5) is 4.79 Å². The Labute approximate surface area is 145 Å². The van der Waals surface area contributed by atoms with Crippen LogP contribution in [-0.2, 0) is 17.9 Å². The van der Waals surface area contributed by atoms with E-state index in [4.69, 9.17) is 4.74 Å². The summed E-state index contributed by atoms with van der Waals surface area (Å²) in [6, 6.07) is 8.99. The molecule has 1 aromatic carbocycles. The molecule has 0 atom stereocenters. The van der Waals surface area contributed by atoms with Gasteiger partial charge in [0.25, 0.3) is 0 Å². The van der Waals surface area contributed by atoms with Crippen LogP contribution in [0.5, 0.6) is 0 Å². The highest BCUT2D eigenvalue weighted by Gasteiger charge is 2.27. The number of carbonyl (C=O) groups excluding carboxylic acids is 1. The minimum Gasteiger partial charge on any atom is -0.380 e. The molecule has 0 aromatic heterocycles. The first-order valence-corrected chi connectivity index (χ1v) is 9.10. The summed E-state index contributed by atoms with van der Waals surface area (Å²) >= 11 is 0. The van der Waals surface area contributed by atoms with E-state index in [2.05, 4.69) is 16.3 Å². The molecule has 0 bridgehead atoms. The lowest BCUT2D eigenvalue weighted by Gasteiger charge is -2.38. The zero-order chi connectivity index (χ0) is 16.8. The molecule has 1 aliphatic carbocycles. The summed E-state index contributed by atoms with van der Waals surface area (Å²) in [6.45, 7) is 4.88. The average Bonchev–Trinajstić information content (AvgIpc) is 3.15. The Morgan fingerprint density at radius 2 is 1.88 bits per heavy atom. The van der Waals surface area contributed by atoms with Gasteiger partial charge in [0, 0.05) is 45.9 Å². The maximum Gasteiger partial charge on any atom is 0.317 e. The summed E-state index contributed by atoms with van der Waals surface area (Å²) in [5, 5.41) is 3.05. The van der Waals surface area contributed by atoms with E-state index in [-0.39, 0.29) is 6.03 Å². The van der Waals surface area contributed by atoms with E-state index in [0.717, 1.165) is 43.3 Å². The Hall–Kier alpha value is -1.59. The van der Waals surface area contributed by atoms with Crippen LogP contribution in [-0.4, -0.2) is 55.2 Å². The lowest BCUT2D eigenvalue weighted by Crippen LogP contribution is -2.53. The van der Waals surface area contributed by atoms with Crippen LogP contribution >= 0.6 is 0 Å². The predicted octanol–water partition coefficient (Wildman–Crippen LogP) is 2.60. The van der Waals surface area contributed by atoms with Crippen molar-refractivity contribution in [1.29, 1.82) is 0 Å². The topological polar surface area (TPSA) is 44.8 Å². The summed E-state index contributed by atoms with van der Waals surface area (Å²) in [6.07, 6.45) is 5.41. The second-order valence-electron chi connectivity index (χ2n) is 6.87. The molecule has 2 aliphatic rings. The molecule has 2 fully saturated rings. The normalized spacial score (nSPS) is 19.6. The lowest BCUT2D eigenvalue weighted by atomic mass is 10.1. The van der Waals surface area contributed by atoms with Crippen molar-refractivity contribution < 1.29 is 9.53 Å². The molecule has 1 aliphatic heterocycles. The third-order valence-corrected chi connectivity index (χ3v) is 5.19. The SMILES string of the molecule is COCc1cccc(CNC(=O)N2CCN(C3CCCC3)CC2)c1. The number of ether oxygens (including phenoxy) is 1. The molecule has 5 heteroatoms. The number of methoxy groups -OCH3 is 1. The molecule has 24 heavy (non-hydrogen) atoms. The van der Waals surface area contributed by atoms with Gasteiger partial charge in [-0.2, -0.15) is 0 Å². The van der Waals surface area contributed by atoms with Crippen molar-refractivity contribution in [3.8, 4) is 0 Å². The molecular weight excluding hydrogens is 302 g/mol. The Bertz CT molecular complexity index is 535. The fourth-order valence-corrected chi connectivity index (χ4v) is 3.85. The molecule has 1 saturated heterocycles. The molecule has 2 amide bonds. The number of piperazine rings is 1. The third-order valence-electron chi connectivity index (χ3n) is 5.19. The van der Waals surface area contributed by atoms with Gasteiger partial charge in [-0.25, -0.2) is 4.79 Å². The van der Waals surface area contributed by atoms with E-state index >= 15 is 0 Å². The Kier molecular flexibility index (Phi) is 6.10. The van der Waals surface area contributed by atoms with E-state index in [1.54, 1.807) is 7.11 Å². The Balaban J connectivity index is 1.43. The summed E-state index contributed by atoms with van der Waals surface area (Å²) in [5.74, 6) is 0. The molecule has 5 nitrogen and oxygen atoms in total. The molecule has 1 heterocycles. The van der Waals surface area contributed by atoms with Crippen molar-refractivity contribution in [2.24, 2.45) is 0 Å². The second-order valence-corrected chi connectivity index (χ2v) is 6.87. The van der Waals surface area contributed by atoms with Gasteiger partial charge in [0.15, 0.2) is 0 Å². The largest absolute Gasteiger partial charge is 0.380 e. The molecular formula is C19H29N3O2. The zero-order valence-corrected chi connectivity index (χ0v) is 14.7. The lowest BCUT2D eigenvalue weighted by molar-refractivity contribution is 0.109. The number of hydrogen-bond acceptors (Lipinski definition) is 3. The summed E-state index contributed by atoms with van der Waals surface area (Å²) in [7, 11) is 1.69. The summed E-state index contributed by atoms with van der Waals surface area (Å²) < 4.78 is 5.16. The van der Waals surface area contributed by atoms with E-state index < -0.39 is 0 Å². The van der Waals surface area contributed by atoms with E-state index in [1.807, 2.05) is 23.1 Å². The fraction of sp³-hybridized carbons (Fsp3) is 0.632. The predicted molar refractivity (Wildman–Crippen MR) is 94.8 cm³/mol. The number of amides is 2. The van der Waals surface area contributed by atoms with Crippen molar-refractivity contribution in [2.75, 3.05) is 33.3 Å². The first-order chi connectivity index (χ1) is 11.8. The van der Waals surface area contributed by atoms with E-state index in [0.29, 0.717) is 13.2 Å². The summed E-state index contributed by atoms with van der Waals surface area (Å²) in [5.41, 5.74) is 2.25. The van der Waals surface area contributed by atoms with Crippen molar-refractivity contribution in [2.45, 2.75) is 44.9 Å². The van der Waals surface area contributed by atoms with E-state index in [9.17, 15) is 4.79 Å². The van der Waals surface area contributed by atoms with Crippen LogP contribution < -0.4 is 5.32 Å². The van der Waals surface area contributed by atoms with Crippen molar-refractivity contribution in [3.63, 3.8) is 0 Å². The highest BCUT2D eigenvalue weighted by atomic mass is 16.5. The third kappa shape index (κ3) is 4.48. The molecule has 1 N–H and O–H groups in total. The van der Waals surface area contributed by atoms with Crippen molar-refractivity contribution in [1.82, 2.24) is 15.1 Å². The number of hydrogen-bond donors (Lipinski definition) is 1. The number of benzene rings is 1. The first kappa shape index (κ1) is 17.2. The molecule has 3 rings (SSSR count). The van der Waals surface area contributed by atoms with E-state index in [1.165, 1.54) is 25.7 Å². The molecule has 1 saturated carbocycles. The average molecular weight is 331 g/mol. The van der Waals surface area contributed by atoms with Gasteiger partial charge in [-0.05, 0) is 24.0 Å². The van der Waals surface area contributed by atoms with Crippen molar-refractivity contribution in [3.05, 3.63) is 35.4 Å². The molecule has 0 unspecified atom stereocenters. The number of nitrogens with one attached hydrogen (secondary N) is 1. The number of nitrogens with zero attached hydrogens (tertiary/aromatic N) is 2. The first-order valence-electron chi connectivity index (χ1n) is 9.10. The molecule has 0 radical (unpaired) electrons. The van der Waals surface area contributed by atoms with Gasteiger partial charge in [-0.1, -0.05) is 37.1 Å². The monoisotopic (exact) mass is 331 g/mol. The number of urea groups is 1. The molecule has 132 valence electrons. The van der Waals surface area contributed by atoms with Crippen LogP contribution in [0.3, 0.4) is 0 Å². The smallest absolute Gasteiger partial charge is 0.317 e. The molecule has 0 spiro atoms. The number of carbonyl (C=O) groups is 1.